The minimum atomic E-state index is -0.500. The summed E-state index contributed by atoms with van der Waals surface area (Å²) in [4.78, 5) is 14.5. The van der Waals surface area contributed by atoms with E-state index in [1.165, 1.54) is 12.1 Å². The molecule has 0 aliphatic heterocycles. The molecule has 3 N–H and O–H groups in total. The molecule has 1 unspecified atom stereocenters. The highest BCUT2D eigenvalue weighted by molar-refractivity contribution is 5.85. The molecule has 0 fully saturated rings. The summed E-state index contributed by atoms with van der Waals surface area (Å²) < 4.78 is 13.1. The van der Waals surface area contributed by atoms with Crippen molar-refractivity contribution in [3.63, 3.8) is 0 Å². The lowest BCUT2D eigenvalue weighted by molar-refractivity contribution is -0.131. The first-order chi connectivity index (χ1) is 10.4. The molecule has 1 amide bonds. The maximum atomic E-state index is 13.1. The number of nitrogens with two attached hydrogens (primary N) is 1. The van der Waals surface area contributed by atoms with E-state index in [1.54, 1.807) is 12.1 Å². The van der Waals surface area contributed by atoms with E-state index < -0.39 is 5.41 Å². The summed E-state index contributed by atoms with van der Waals surface area (Å²) in [7, 11) is 3.88. The van der Waals surface area contributed by atoms with Crippen molar-refractivity contribution in [3.8, 4) is 0 Å². The van der Waals surface area contributed by atoms with Crippen LogP contribution in [0.15, 0.2) is 24.3 Å². The molecule has 0 heterocycles. The lowest BCUT2D eigenvalue weighted by Gasteiger charge is -2.31. The molecule has 0 aromatic heterocycles. The van der Waals surface area contributed by atoms with Crippen molar-refractivity contribution in [2.45, 2.75) is 32.7 Å². The zero-order valence-corrected chi connectivity index (χ0v) is 16.5. The SMILES string of the molecule is CCC(CC)(CN)C(=O)NCC(c1ccc(F)cc1)N(C)C.Cl.Cl. The van der Waals surface area contributed by atoms with E-state index in [0.29, 0.717) is 13.1 Å². The van der Waals surface area contributed by atoms with Crippen molar-refractivity contribution in [3.05, 3.63) is 35.6 Å². The molecule has 4 nitrogen and oxygen atoms in total. The second-order valence-electron chi connectivity index (χ2n) is 5.93. The van der Waals surface area contributed by atoms with E-state index >= 15 is 0 Å². The van der Waals surface area contributed by atoms with E-state index in [1.807, 2.05) is 32.8 Å². The average Bonchev–Trinajstić information content (AvgIpc) is 2.51. The number of amides is 1. The van der Waals surface area contributed by atoms with E-state index in [0.717, 1.165) is 18.4 Å². The van der Waals surface area contributed by atoms with Crippen molar-refractivity contribution in [1.82, 2.24) is 10.2 Å². The normalized spacial score (nSPS) is 12.1. The van der Waals surface area contributed by atoms with Crippen molar-refractivity contribution in [1.29, 1.82) is 0 Å². The van der Waals surface area contributed by atoms with Crippen LogP contribution in [-0.4, -0.2) is 38.0 Å². The van der Waals surface area contributed by atoms with E-state index in [2.05, 4.69) is 5.32 Å². The summed E-state index contributed by atoms with van der Waals surface area (Å²) in [5, 5.41) is 3.02. The lowest BCUT2D eigenvalue weighted by atomic mass is 9.81. The van der Waals surface area contributed by atoms with Gasteiger partial charge in [-0.15, -0.1) is 24.8 Å². The molecule has 0 bridgehead atoms. The van der Waals surface area contributed by atoms with Gasteiger partial charge in [0.2, 0.25) is 5.91 Å². The minimum Gasteiger partial charge on any atom is -0.354 e. The van der Waals surface area contributed by atoms with Crippen molar-refractivity contribution in [2.75, 3.05) is 27.2 Å². The van der Waals surface area contributed by atoms with Gasteiger partial charge < -0.3 is 16.0 Å². The predicted octanol–water partition coefficient (Wildman–Crippen LogP) is 3.15. The van der Waals surface area contributed by atoms with Gasteiger partial charge in [-0.05, 0) is 44.6 Å². The van der Waals surface area contributed by atoms with Gasteiger partial charge in [-0.1, -0.05) is 26.0 Å². The number of rotatable bonds is 8. The Morgan fingerprint density at radius 2 is 1.71 bits per heavy atom. The molecule has 0 radical (unpaired) electrons. The monoisotopic (exact) mass is 381 g/mol. The molecule has 1 aromatic carbocycles. The number of nitrogens with zero attached hydrogens (tertiary/aromatic N) is 1. The van der Waals surface area contributed by atoms with Crippen molar-refractivity contribution >= 4 is 30.7 Å². The second-order valence-corrected chi connectivity index (χ2v) is 5.93. The fourth-order valence-corrected chi connectivity index (χ4v) is 2.61. The molecular weight excluding hydrogens is 352 g/mol. The van der Waals surface area contributed by atoms with Crippen LogP contribution in [0.4, 0.5) is 4.39 Å². The molecule has 1 rings (SSSR count). The van der Waals surface area contributed by atoms with Gasteiger partial charge in [0.25, 0.3) is 0 Å². The Balaban J connectivity index is 0. The Kier molecular flexibility index (Phi) is 12.3. The molecule has 0 aliphatic carbocycles. The van der Waals surface area contributed by atoms with Gasteiger partial charge in [0, 0.05) is 13.1 Å². The van der Waals surface area contributed by atoms with Crippen LogP contribution in [0.25, 0.3) is 0 Å². The molecule has 0 saturated heterocycles. The highest BCUT2D eigenvalue weighted by atomic mass is 35.5. The third-order valence-corrected chi connectivity index (χ3v) is 4.56. The van der Waals surface area contributed by atoms with Crippen LogP contribution in [0, 0.1) is 11.2 Å². The summed E-state index contributed by atoms with van der Waals surface area (Å²) in [6.07, 6.45) is 1.43. The fourth-order valence-electron chi connectivity index (χ4n) is 2.61. The molecular formula is C17H30Cl2FN3O. The quantitative estimate of drug-likeness (QED) is 0.726. The molecule has 140 valence electrons. The molecule has 0 spiro atoms. The number of halogens is 3. The lowest BCUT2D eigenvalue weighted by Crippen LogP contribution is -2.47. The van der Waals surface area contributed by atoms with E-state index in [9.17, 15) is 9.18 Å². The van der Waals surface area contributed by atoms with Crippen molar-refractivity contribution < 1.29 is 9.18 Å². The summed E-state index contributed by atoms with van der Waals surface area (Å²) in [6, 6.07) is 6.38. The summed E-state index contributed by atoms with van der Waals surface area (Å²) in [5.41, 5.74) is 6.28. The van der Waals surface area contributed by atoms with Crippen LogP contribution in [0.3, 0.4) is 0 Å². The predicted molar refractivity (Wildman–Crippen MR) is 102 cm³/mol. The zero-order chi connectivity index (χ0) is 16.8. The van der Waals surface area contributed by atoms with Gasteiger partial charge in [-0.3, -0.25) is 4.79 Å². The average molecular weight is 382 g/mol. The number of carbonyl (C=O) groups is 1. The summed E-state index contributed by atoms with van der Waals surface area (Å²) >= 11 is 0. The second kappa shape index (κ2) is 11.6. The van der Waals surface area contributed by atoms with E-state index in [4.69, 9.17) is 5.73 Å². The Labute approximate surface area is 157 Å². The van der Waals surface area contributed by atoms with Crippen LogP contribution in [0.2, 0.25) is 0 Å². The standard InChI is InChI=1S/C17H28FN3O.2ClH/c1-5-17(6-2,12-19)16(22)20-11-15(21(3)4)13-7-9-14(18)10-8-13;;/h7-10,15H,5-6,11-12,19H2,1-4H3,(H,20,22);2*1H. The highest BCUT2D eigenvalue weighted by Crippen LogP contribution is 2.25. The third kappa shape index (κ3) is 6.20. The van der Waals surface area contributed by atoms with Crippen LogP contribution in [-0.2, 0) is 4.79 Å². The van der Waals surface area contributed by atoms with Crippen molar-refractivity contribution in [2.24, 2.45) is 11.1 Å². The first-order valence-electron chi connectivity index (χ1n) is 7.80. The summed E-state index contributed by atoms with van der Waals surface area (Å²) in [6.45, 7) is 4.78. The maximum absolute atomic E-state index is 13.1. The molecule has 24 heavy (non-hydrogen) atoms. The third-order valence-electron chi connectivity index (χ3n) is 4.56. The van der Waals surface area contributed by atoms with Gasteiger partial charge >= 0.3 is 0 Å². The van der Waals surface area contributed by atoms with E-state index in [-0.39, 0.29) is 42.6 Å². The fraction of sp³-hybridized carbons (Fsp3) is 0.588. The van der Waals surface area contributed by atoms with Crippen LogP contribution >= 0.6 is 24.8 Å². The maximum Gasteiger partial charge on any atom is 0.227 e. The van der Waals surface area contributed by atoms with Gasteiger partial charge in [-0.2, -0.15) is 0 Å². The van der Waals surface area contributed by atoms with Gasteiger partial charge in [0.15, 0.2) is 0 Å². The zero-order valence-electron chi connectivity index (χ0n) is 14.8. The first kappa shape index (κ1) is 25.4. The van der Waals surface area contributed by atoms with Crippen LogP contribution in [0.1, 0.15) is 38.3 Å². The summed E-state index contributed by atoms with van der Waals surface area (Å²) in [5.74, 6) is -0.265. The molecule has 7 heteroatoms. The Bertz CT molecular complexity index is 471. The Morgan fingerprint density at radius 3 is 2.08 bits per heavy atom. The number of hydrogen-bond donors (Lipinski definition) is 2. The van der Waals surface area contributed by atoms with Crippen LogP contribution < -0.4 is 11.1 Å². The first-order valence-corrected chi connectivity index (χ1v) is 7.80. The Hall–Kier alpha value is -0.880. The number of hydrogen-bond acceptors (Lipinski definition) is 3. The number of likely N-dealkylation sites (N-methyl/N-ethyl adjacent to an activating group) is 1. The van der Waals surface area contributed by atoms with Gasteiger partial charge in [0.05, 0.1) is 11.5 Å². The number of carbonyl (C=O) groups excluding carboxylic acids is 1. The molecule has 1 aromatic rings. The molecule has 1 atom stereocenters. The van der Waals surface area contributed by atoms with Gasteiger partial charge in [0.1, 0.15) is 5.82 Å². The number of benzene rings is 1. The largest absolute Gasteiger partial charge is 0.354 e. The highest BCUT2D eigenvalue weighted by Gasteiger charge is 2.33. The smallest absolute Gasteiger partial charge is 0.227 e. The molecule has 0 aliphatic rings. The number of nitrogens with one attached hydrogen (secondary N) is 1. The van der Waals surface area contributed by atoms with Crippen LogP contribution in [0.5, 0.6) is 0 Å². The molecule has 0 saturated carbocycles. The topological polar surface area (TPSA) is 58.4 Å². The Morgan fingerprint density at radius 1 is 1.21 bits per heavy atom. The van der Waals surface area contributed by atoms with Gasteiger partial charge in [-0.25, -0.2) is 4.39 Å². The minimum absolute atomic E-state index is 0.